The zero-order valence-electron chi connectivity index (χ0n) is 17.9. The molecule has 0 radical (unpaired) electrons. The largest absolute Gasteiger partial charge is 0.376 e. The molecule has 5 rings (SSSR count). The second-order valence-corrected chi connectivity index (χ2v) is 8.45. The SMILES string of the molecule is c1ccc(C(c2ccccc2)N2CCN(Cc3nnnn3C[C@H]3CCCO3)CC2)cc1. The molecule has 162 valence electrons. The van der Waals surface area contributed by atoms with Crippen LogP contribution in [0.2, 0.25) is 0 Å². The van der Waals surface area contributed by atoms with Crippen LogP contribution in [0.4, 0.5) is 0 Å². The minimum Gasteiger partial charge on any atom is -0.376 e. The van der Waals surface area contributed by atoms with Crippen molar-refractivity contribution in [3.63, 3.8) is 0 Å². The van der Waals surface area contributed by atoms with Crippen molar-refractivity contribution in [3.8, 4) is 0 Å². The van der Waals surface area contributed by atoms with Gasteiger partial charge in [0.25, 0.3) is 0 Å². The molecule has 0 spiro atoms. The molecule has 2 saturated heterocycles. The Morgan fingerprint density at radius 1 is 0.903 bits per heavy atom. The lowest BCUT2D eigenvalue weighted by Crippen LogP contribution is -2.47. The molecule has 3 aromatic rings. The standard InChI is InChI=1S/C24H30N6O/c1-3-8-20(9-4-1)24(21-10-5-2-6-11-21)29-15-13-28(14-16-29)19-23-25-26-27-30(23)18-22-12-7-17-31-22/h1-6,8-11,22,24H,7,12-19H2/t22-/m1/s1. The van der Waals surface area contributed by atoms with Crippen LogP contribution in [0.5, 0.6) is 0 Å². The molecule has 0 saturated carbocycles. The fourth-order valence-electron chi connectivity index (χ4n) is 4.72. The zero-order valence-corrected chi connectivity index (χ0v) is 17.9. The lowest BCUT2D eigenvalue weighted by molar-refractivity contribution is 0.0868. The number of aromatic nitrogens is 4. The maximum absolute atomic E-state index is 5.76. The molecule has 1 atom stereocenters. The van der Waals surface area contributed by atoms with E-state index in [0.717, 1.165) is 64.5 Å². The maximum atomic E-state index is 5.76. The summed E-state index contributed by atoms with van der Waals surface area (Å²) in [6.45, 7) is 6.44. The van der Waals surface area contributed by atoms with Crippen LogP contribution in [0.15, 0.2) is 60.7 Å². The van der Waals surface area contributed by atoms with E-state index in [9.17, 15) is 0 Å². The predicted molar refractivity (Wildman–Crippen MR) is 118 cm³/mol. The highest BCUT2D eigenvalue weighted by molar-refractivity contribution is 5.31. The van der Waals surface area contributed by atoms with Crippen molar-refractivity contribution in [2.75, 3.05) is 32.8 Å². The quantitative estimate of drug-likeness (QED) is 0.588. The summed E-state index contributed by atoms with van der Waals surface area (Å²) in [5, 5.41) is 12.4. The Kier molecular flexibility index (Phi) is 6.34. The molecule has 0 N–H and O–H groups in total. The molecule has 7 nitrogen and oxygen atoms in total. The van der Waals surface area contributed by atoms with Crippen molar-refractivity contribution >= 4 is 0 Å². The molecule has 2 aromatic carbocycles. The highest BCUT2D eigenvalue weighted by atomic mass is 16.5. The van der Waals surface area contributed by atoms with Gasteiger partial charge in [0, 0.05) is 32.8 Å². The molecule has 31 heavy (non-hydrogen) atoms. The van der Waals surface area contributed by atoms with Crippen molar-refractivity contribution in [1.82, 2.24) is 30.0 Å². The summed E-state index contributed by atoms with van der Waals surface area (Å²) in [7, 11) is 0. The van der Waals surface area contributed by atoms with E-state index in [-0.39, 0.29) is 12.1 Å². The molecule has 7 heteroatoms. The number of rotatable bonds is 7. The smallest absolute Gasteiger partial charge is 0.165 e. The van der Waals surface area contributed by atoms with Crippen LogP contribution in [0.1, 0.15) is 35.8 Å². The van der Waals surface area contributed by atoms with Crippen molar-refractivity contribution in [1.29, 1.82) is 0 Å². The zero-order chi connectivity index (χ0) is 20.9. The minimum atomic E-state index is 0.247. The predicted octanol–water partition coefficient (Wildman–Crippen LogP) is 2.76. The van der Waals surface area contributed by atoms with E-state index in [1.165, 1.54) is 11.1 Å². The van der Waals surface area contributed by atoms with Crippen LogP contribution in [-0.2, 0) is 17.8 Å². The molecular formula is C24H30N6O. The van der Waals surface area contributed by atoms with E-state index in [4.69, 9.17) is 4.74 Å². The Labute approximate surface area is 183 Å². The summed E-state index contributed by atoms with van der Waals surface area (Å²) in [6.07, 6.45) is 2.48. The van der Waals surface area contributed by atoms with E-state index in [0.29, 0.717) is 0 Å². The van der Waals surface area contributed by atoms with Gasteiger partial charge >= 0.3 is 0 Å². The Morgan fingerprint density at radius 2 is 1.58 bits per heavy atom. The number of hydrogen-bond acceptors (Lipinski definition) is 6. The minimum absolute atomic E-state index is 0.247. The van der Waals surface area contributed by atoms with E-state index in [2.05, 4.69) is 86.0 Å². The van der Waals surface area contributed by atoms with Crippen molar-refractivity contribution in [2.45, 2.75) is 38.1 Å². The fourth-order valence-corrected chi connectivity index (χ4v) is 4.72. The molecule has 2 fully saturated rings. The molecule has 2 aliphatic heterocycles. The summed E-state index contributed by atoms with van der Waals surface area (Å²) >= 11 is 0. The molecule has 0 aliphatic carbocycles. The highest BCUT2D eigenvalue weighted by Gasteiger charge is 2.27. The van der Waals surface area contributed by atoms with Gasteiger partial charge in [-0.25, -0.2) is 4.68 Å². The van der Waals surface area contributed by atoms with Crippen molar-refractivity contribution < 1.29 is 4.74 Å². The number of nitrogens with zero attached hydrogens (tertiary/aromatic N) is 6. The molecular weight excluding hydrogens is 388 g/mol. The number of tetrazole rings is 1. The van der Waals surface area contributed by atoms with Crippen molar-refractivity contribution in [2.24, 2.45) is 0 Å². The fraction of sp³-hybridized carbons (Fsp3) is 0.458. The van der Waals surface area contributed by atoms with Gasteiger partial charge in [-0.1, -0.05) is 60.7 Å². The number of benzene rings is 2. The normalized spacial score (nSPS) is 20.5. The third kappa shape index (κ3) is 4.84. The van der Waals surface area contributed by atoms with Crippen LogP contribution >= 0.6 is 0 Å². The Hall–Kier alpha value is -2.61. The van der Waals surface area contributed by atoms with E-state index in [1.54, 1.807) is 0 Å². The van der Waals surface area contributed by atoms with Gasteiger partial charge in [0.05, 0.1) is 25.2 Å². The Bertz CT molecular complexity index is 893. The van der Waals surface area contributed by atoms with Crippen LogP contribution in [0, 0.1) is 0 Å². The first-order valence-corrected chi connectivity index (χ1v) is 11.3. The van der Waals surface area contributed by atoms with Gasteiger partial charge < -0.3 is 4.74 Å². The molecule has 1 aromatic heterocycles. The lowest BCUT2D eigenvalue weighted by Gasteiger charge is -2.39. The van der Waals surface area contributed by atoms with Gasteiger partial charge in [-0.2, -0.15) is 0 Å². The topological polar surface area (TPSA) is 59.3 Å². The van der Waals surface area contributed by atoms with Gasteiger partial charge in [-0.15, -0.1) is 5.10 Å². The lowest BCUT2D eigenvalue weighted by atomic mass is 9.96. The van der Waals surface area contributed by atoms with E-state index < -0.39 is 0 Å². The Balaban J connectivity index is 1.24. The van der Waals surface area contributed by atoms with Gasteiger partial charge in [0.1, 0.15) is 0 Å². The molecule has 0 bridgehead atoms. The average Bonchev–Trinajstić information content (AvgIpc) is 3.49. The molecule has 3 heterocycles. The van der Waals surface area contributed by atoms with E-state index in [1.807, 2.05) is 4.68 Å². The molecule has 0 unspecified atom stereocenters. The van der Waals surface area contributed by atoms with Crippen LogP contribution in [0.3, 0.4) is 0 Å². The maximum Gasteiger partial charge on any atom is 0.165 e. The third-order valence-corrected chi connectivity index (χ3v) is 6.37. The third-order valence-electron chi connectivity index (χ3n) is 6.37. The van der Waals surface area contributed by atoms with Gasteiger partial charge in [-0.3, -0.25) is 9.80 Å². The van der Waals surface area contributed by atoms with Gasteiger partial charge in [0.2, 0.25) is 0 Å². The van der Waals surface area contributed by atoms with Crippen molar-refractivity contribution in [3.05, 3.63) is 77.6 Å². The number of ether oxygens (including phenoxy) is 1. The summed E-state index contributed by atoms with van der Waals surface area (Å²) in [4.78, 5) is 5.05. The summed E-state index contributed by atoms with van der Waals surface area (Å²) in [6, 6.07) is 22.0. The number of hydrogen-bond donors (Lipinski definition) is 0. The summed E-state index contributed by atoms with van der Waals surface area (Å²) in [5.41, 5.74) is 2.70. The van der Waals surface area contributed by atoms with Gasteiger partial charge in [0.15, 0.2) is 5.82 Å². The number of piperazine rings is 1. The van der Waals surface area contributed by atoms with E-state index >= 15 is 0 Å². The monoisotopic (exact) mass is 418 g/mol. The average molecular weight is 419 g/mol. The first kappa shape index (κ1) is 20.3. The van der Waals surface area contributed by atoms with Crippen LogP contribution in [0.25, 0.3) is 0 Å². The summed E-state index contributed by atoms with van der Waals surface area (Å²) < 4.78 is 7.69. The first-order valence-electron chi connectivity index (χ1n) is 11.3. The molecule has 2 aliphatic rings. The first-order chi connectivity index (χ1) is 15.4. The van der Waals surface area contributed by atoms with Crippen LogP contribution in [-0.4, -0.2) is 68.9 Å². The highest BCUT2D eigenvalue weighted by Crippen LogP contribution is 2.29. The van der Waals surface area contributed by atoms with Crippen LogP contribution < -0.4 is 0 Å². The van der Waals surface area contributed by atoms with Gasteiger partial charge in [-0.05, 0) is 34.4 Å². The second-order valence-electron chi connectivity index (χ2n) is 8.45. The molecule has 0 amide bonds. The Morgan fingerprint density at radius 3 is 2.19 bits per heavy atom. The second kappa shape index (κ2) is 9.68. The summed E-state index contributed by atoms with van der Waals surface area (Å²) in [5.74, 6) is 0.937.